The lowest BCUT2D eigenvalue weighted by Crippen LogP contribution is -2.52. The van der Waals surface area contributed by atoms with Gasteiger partial charge in [-0.05, 0) is 61.7 Å². The average molecular weight is 570 g/mol. The van der Waals surface area contributed by atoms with Crippen LogP contribution in [-0.2, 0) is 26.2 Å². The Bertz CT molecular complexity index is 1350. The molecular formula is C30H36ClN3O4S. The van der Waals surface area contributed by atoms with Crippen molar-refractivity contribution in [3.8, 4) is 0 Å². The number of aryl methyl sites for hydroxylation is 1. The highest BCUT2D eigenvalue weighted by Crippen LogP contribution is 2.26. The quantitative estimate of drug-likeness (QED) is 0.273. The number of unbranched alkanes of at least 4 members (excludes halogenated alkanes) is 1. The molecule has 3 rings (SSSR count). The number of hydrogen-bond acceptors (Lipinski definition) is 4. The van der Waals surface area contributed by atoms with Crippen molar-refractivity contribution < 1.29 is 18.0 Å². The van der Waals surface area contributed by atoms with Crippen LogP contribution in [-0.4, -0.2) is 44.3 Å². The number of nitrogens with zero attached hydrogens (tertiary/aromatic N) is 2. The maximum absolute atomic E-state index is 14.0. The molecule has 0 bridgehead atoms. The summed E-state index contributed by atoms with van der Waals surface area (Å²) in [7, 11) is -4.10. The summed E-state index contributed by atoms with van der Waals surface area (Å²) in [4.78, 5) is 28.8. The Balaban J connectivity index is 2.02. The molecule has 39 heavy (non-hydrogen) atoms. The zero-order chi connectivity index (χ0) is 28.4. The molecule has 0 aliphatic heterocycles. The van der Waals surface area contributed by atoms with E-state index in [1.54, 1.807) is 42.5 Å². The lowest BCUT2D eigenvalue weighted by atomic mass is 10.1. The molecule has 9 heteroatoms. The molecule has 3 aromatic carbocycles. The number of hydrogen-bond donors (Lipinski definition) is 1. The Hall–Kier alpha value is -3.36. The Morgan fingerprint density at radius 3 is 2.26 bits per heavy atom. The van der Waals surface area contributed by atoms with Crippen LogP contribution >= 0.6 is 11.6 Å². The van der Waals surface area contributed by atoms with Gasteiger partial charge >= 0.3 is 0 Å². The molecule has 208 valence electrons. The minimum atomic E-state index is -4.10. The lowest BCUT2D eigenvalue weighted by Gasteiger charge is -2.33. The first kappa shape index (κ1) is 30.2. The van der Waals surface area contributed by atoms with E-state index in [0.717, 1.165) is 28.3 Å². The van der Waals surface area contributed by atoms with Gasteiger partial charge in [-0.15, -0.1) is 0 Å². The van der Waals surface area contributed by atoms with Crippen molar-refractivity contribution in [3.63, 3.8) is 0 Å². The Morgan fingerprint density at radius 1 is 0.949 bits per heavy atom. The van der Waals surface area contributed by atoms with Crippen LogP contribution in [0.15, 0.2) is 83.8 Å². The SMILES string of the molecule is CCCCNC(=O)[C@@H](CC)N(Cc1cccc(C)c1)C(=O)CN(c1ccc(Cl)cc1)S(=O)(=O)c1ccccc1. The average Bonchev–Trinajstić information content (AvgIpc) is 2.92. The summed E-state index contributed by atoms with van der Waals surface area (Å²) >= 11 is 6.07. The standard InChI is InChI=1S/C30H36ClN3O4S/c1-4-6-19-32-30(36)28(5-2)33(21-24-12-10-11-23(3)20-24)29(35)22-34(26-17-15-25(31)16-18-26)39(37,38)27-13-8-7-9-14-27/h7-18,20,28H,4-6,19,21-22H2,1-3H3,(H,32,36)/t28-/m1/s1. The monoisotopic (exact) mass is 569 g/mol. The van der Waals surface area contributed by atoms with Crippen LogP contribution in [0.1, 0.15) is 44.2 Å². The summed E-state index contributed by atoms with van der Waals surface area (Å²) in [6.07, 6.45) is 2.13. The van der Waals surface area contributed by atoms with Gasteiger partial charge in [0.15, 0.2) is 0 Å². The van der Waals surface area contributed by atoms with Gasteiger partial charge in [-0.25, -0.2) is 8.42 Å². The molecule has 2 amide bonds. The number of sulfonamides is 1. The maximum Gasteiger partial charge on any atom is 0.264 e. The summed E-state index contributed by atoms with van der Waals surface area (Å²) in [5.41, 5.74) is 2.18. The number of halogens is 1. The summed E-state index contributed by atoms with van der Waals surface area (Å²) in [6, 6.07) is 21.2. The highest BCUT2D eigenvalue weighted by atomic mass is 35.5. The van der Waals surface area contributed by atoms with Crippen LogP contribution in [0, 0.1) is 6.92 Å². The van der Waals surface area contributed by atoms with Crippen LogP contribution in [0.3, 0.4) is 0 Å². The van der Waals surface area contributed by atoms with Gasteiger partial charge in [-0.1, -0.05) is 79.9 Å². The van der Waals surface area contributed by atoms with Crippen LogP contribution in [0.25, 0.3) is 0 Å². The Kier molecular flexibility index (Phi) is 10.9. The molecule has 0 aromatic heterocycles. The first-order valence-corrected chi connectivity index (χ1v) is 14.9. The number of nitrogens with one attached hydrogen (secondary N) is 1. The topological polar surface area (TPSA) is 86.8 Å². The van der Waals surface area contributed by atoms with Gasteiger partial charge in [-0.2, -0.15) is 0 Å². The smallest absolute Gasteiger partial charge is 0.264 e. The van der Waals surface area contributed by atoms with E-state index in [1.165, 1.54) is 17.0 Å². The van der Waals surface area contributed by atoms with E-state index in [0.29, 0.717) is 23.7 Å². The van der Waals surface area contributed by atoms with Crippen molar-refractivity contribution in [1.82, 2.24) is 10.2 Å². The van der Waals surface area contributed by atoms with E-state index in [-0.39, 0.29) is 17.3 Å². The van der Waals surface area contributed by atoms with Crippen LogP contribution < -0.4 is 9.62 Å². The number of amides is 2. The fourth-order valence-corrected chi connectivity index (χ4v) is 5.85. The van der Waals surface area contributed by atoms with E-state index >= 15 is 0 Å². The largest absolute Gasteiger partial charge is 0.354 e. The Morgan fingerprint density at radius 2 is 1.64 bits per heavy atom. The van der Waals surface area contributed by atoms with Crippen molar-refractivity contribution in [1.29, 1.82) is 0 Å². The Labute approximate surface area is 236 Å². The fourth-order valence-electron chi connectivity index (χ4n) is 4.29. The highest BCUT2D eigenvalue weighted by molar-refractivity contribution is 7.92. The zero-order valence-corrected chi connectivity index (χ0v) is 24.2. The van der Waals surface area contributed by atoms with E-state index in [4.69, 9.17) is 11.6 Å². The minimum absolute atomic E-state index is 0.0577. The summed E-state index contributed by atoms with van der Waals surface area (Å²) in [5.74, 6) is -0.737. The predicted octanol–water partition coefficient (Wildman–Crippen LogP) is 5.57. The number of carbonyl (C=O) groups excluding carboxylic acids is 2. The van der Waals surface area contributed by atoms with Crippen molar-refractivity contribution in [3.05, 3.63) is 95.0 Å². The molecule has 1 atom stereocenters. The lowest BCUT2D eigenvalue weighted by molar-refractivity contribution is -0.140. The number of rotatable bonds is 13. The molecule has 3 aromatic rings. The third-order valence-corrected chi connectivity index (χ3v) is 8.42. The van der Waals surface area contributed by atoms with E-state index in [2.05, 4.69) is 5.32 Å². The third kappa shape index (κ3) is 8.07. The molecule has 0 spiro atoms. The molecule has 0 heterocycles. The second-order valence-electron chi connectivity index (χ2n) is 9.38. The molecule has 1 N–H and O–H groups in total. The van der Waals surface area contributed by atoms with E-state index in [9.17, 15) is 18.0 Å². The summed E-state index contributed by atoms with van der Waals surface area (Å²) < 4.78 is 28.6. The summed E-state index contributed by atoms with van der Waals surface area (Å²) in [6.45, 7) is 6.04. The fraction of sp³-hybridized carbons (Fsp3) is 0.333. The summed E-state index contributed by atoms with van der Waals surface area (Å²) in [5, 5.41) is 3.38. The molecule has 7 nitrogen and oxygen atoms in total. The van der Waals surface area contributed by atoms with Gasteiger partial charge in [0.25, 0.3) is 10.0 Å². The minimum Gasteiger partial charge on any atom is -0.354 e. The van der Waals surface area contributed by atoms with Gasteiger partial charge < -0.3 is 10.2 Å². The van der Waals surface area contributed by atoms with Crippen molar-refractivity contribution in [2.24, 2.45) is 0 Å². The number of anilines is 1. The van der Waals surface area contributed by atoms with Gasteiger partial charge in [0.05, 0.1) is 10.6 Å². The van der Waals surface area contributed by atoms with Crippen LogP contribution in [0.2, 0.25) is 5.02 Å². The molecule has 0 radical (unpaired) electrons. The maximum atomic E-state index is 14.0. The van der Waals surface area contributed by atoms with Gasteiger partial charge in [0, 0.05) is 18.1 Å². The number of benzene rings is 3. The van der Waals surface area contributed by atoms with Gasteiger partial charge in [0.1, 0.15) is 12.6 Å². The van der Waals surface area contributed by atoms with E-state index in [1.807, 2.05) is 45.0 Å². The second-order valence-corrected chi connectivity index (χ2v) is 11.7. The van der Waals surface area contributed by atoms with Crippen molar-refractivity contribution >= 4 is 39.1 Å². The number of carbonyl (C=O) groups is 2. The highest BCUT2D eigenvalue weighted by Gasteiger charge is 2.33. The van der Waals surface area contributed by atoms with Gasteiger partial charge in [0.2, 0.25) is 11.8 Å². The van der Waals surface area contributed by atoms with Gasteiger partial charge in [-0.3, -0.25) is 13.9 Å². The third-order valence-electron chi connectivity index (χ3n) is 6.38. The molecule has 0 saturated heterocycles. The molecule has 0 fully saturated rings. The first-order valence-electron chi connectivity index (χ1n) is 13.1. The molecular weight excluding hydrogens is 534 g/mol. The normalized spacial score (nSPS) is 12.0. The second kappa shape index (κ2) is 14.1. The molecule has 0 aliphatic rings. The predicted molar refractivity (Wildman–Crippen MR) is 156 cm³/mol. The zero-order valence-electron chi connectivity index (χ0n) is 22.6. The molecule has 0 saturated carbocycles. The molecule has 0 unspecified atom stereocenters. The van der Waals surface area contributed by atoms with Crippen molar-refractivity contribution in [2.75, 3.05) is 17.4 Å². The first-order chi connectivity index (χ1) is 18.7. The van der Waals surface area contributed by atoms with Crippen LogP contribution in [0.4, 0.5) is 5.69 Å². The van der Waals surface area contributed by atoms with Crippen LogP contribution in [0.5, 0.6) is 0 Å². The molecule has 0 aliphatic carbocycles. The van der Waals surface area contributed by atoms with E-state index < -0.39 is 28.5 Å². The van der Waals surface area contributed by atoms with Crippen molar-refractivity contribution in [2.45, 2.75) is 57.5 Å².